The highest BCUT2D eigenvalue weighted by Crippen LogP contribution is 2.11. The van der Waals surface area contributed by atoms with Crippen LogP contribution < -0.4 is 5.73 Å². The number of aromatic nitrogens is 2. The molecule has 0 amide bonds. The standard InChI is InChI=1S/C9H11N3/c10-4-3-8-6-7-2-1-5-11-9(7)12-8/h1-2,5-6H,3-4,10H2,(H,11,12). The third-order valence-corrected chi connectivity index (χ3v) is 1.86. The van der Waals surface area contributed by atoms with E-state index < -0.39 is 0 Å². The van der Waals surface area contributed by atoms with E-state index in [-0.39, 0.29) is 0 Å². The van der Waals surface area contributed by atoms with Crippen molar-refractivity contribution < 1.29 is 0 Å². The average molecular weight is 161 g/mol. The predicted molar refractivity (Wildman–Crippen MR) is 48.9 cm³/mol. The van der Waals surface area contributed by atoms with Crippen molar-refractivity contribution in [1.82, 2.24) is 9.97 Å². The molecule has 0 aliphatic carbocycles. The van der Waals surface area contributed by atoms with Gasteiger partial charge in [0.05, 0.1) is 0 Å². The molecule has 0 radical (unpaired) electrons. The van der Waals surface area contributed by atoms with Gasteiger partial charge in [0.25, 0.3) is 0 Å². The van der Waals surface area contributed by atoms with Gasteiger partial charge in [-0.15, -0.1) is 0 Å². The number of nitrogens with zero attached hydrogens (tertiary/aromatic N) is 1. The number of rotatable bonds is 2. The monoisotopic (exact) mass is 161 g/mol. The number of hydrogen-bond acceptors (Lipinski definition) is 2. The molecule has 0 saturated heterocycles. The van der Waals surface area contributed by atoms with Gasteiger partial charge in [-0.1, -0.05) is 0 Å². The third kappa shape index (κ3) is 1.19. The second kappa shape index (κ2) is 2.95. The Labute approximate surface area is 70.6 Å². The number of aromatic amines is 1. The van der Waals surface area contributed by atoms with Crippen molar-refractivity contribution in [2.75, 3.05) is 6.54 Å². The lowest BCUT2D eigenvalue weighted by atomic mass is 10.3. The van der Waals surface area contributed by atoms with E-state index in [1.165, 1.54) is 0 Å². The third-order valence-electron chi connectivity index (χ3n) is 1.86. The number of pyridine rings is 1. The van der Waals surface area contributed by atoms with Gasteiger partial charge in [-0.05, 0) is 31.2 Å². The van der Waals surface area contributed by atoms with Gasteiger partial charge in [-0.3, -0.25) is 0 Å². The van der Waals surface area contributed by atoms with Gasteiger partial charge < -0.3 is 10.7 Å². The summed E-state index contributed by atoms with van der Waals surface area (Å²) < 4.78 is 0. The number of nitrogens with one attached hydrogen (secondary N) is 1. The van der Waals surface area contributed by atoms with Crippen LogP contribution >= 0.6 is 0 Å². The zero-order chi connectivity index (χ0) is 8.39. The molecule has 0 spiro atoms. The van der Waals surface area contributed by atoms with Gasteiger partial charge in [0.1, 0.15) is 5.65 Å². The topological polar surface area (TPSA) is 54.7 Å². The van der Waals surface area contributed by atoms with Crippen molar-refractivity contribution in [3.63, 3.8) is 0 Å². The molecule has 0 atom stereocenters. The first-order valence-electron chi connectivity index (χ1n) is 4.03. The largest absolute Gasteiger partial charge is 0.343 e. The van der Waals surface area contributed by atoms with Gasteiger partial charge in [-0.2, -0.15) is 0 Å². The Hall–Kier alpha value is -1.35. The maximum absolute atomic E-state index is 5.44. The maximum Gasteiger partial charge on any atom is 0.137 e. The summed E-state index contributed by atoms with van der Waals surface area (Å²) in [6.45, 7) is 0.673. The molecule has 0 aliphatic heterocycles. The van der Waals surface area contributed by atoms with E-state index in [9.17, 15) is 0 Å². The summed E-state index contributed by atoms with van der Waals surface area (Å²) in [7, 11) is 0. The molecule has 3 nitrogen and oxygen atoms in total. The molecule has 12 heavy (non-hydrogen) atoms. The highest BCUT2D eigenvalue weighted by atomic mass is 14.9. The molecule has 2 aromatic rings. The number of fused-ring (bicyclic) bond motifs is 1. The molecule has 0 bridgehead atoms. The number of H-pyrrole nitrogens is 1. The van der Waals surface area contributed by atoms with E-state index in [1.54, 1.807) is 6.20 Å². The van der Waals surface area contributed by atoms with Crippen LogP contribution in [0.3, 0.4) is 0 Å². The van der Waals surface area contributed by atoms with Gasteiger partial charge in [-0.25, -0.2) is 4.98 Å². The minimum Gasteiger partial charge on any atom is -0.343 e. The number of hydrogen-bond donors (Lipinski definition) is 2. The van der Waals surface area contributed by atoms with Crippen LogP contribution in [-0.4, -0.2) is 16.5 Å². The van der Waals surface area contributed by atoms with Crippen LogP contribution in [0, 0.1) is 0 Å². The highest BCUT2D eigenvalue weighted by molar-refractivity contribution is 5.76. The zero-order valence-electron chi connectivity index (χ0n) is 6.75. The molecule has 0 aliphatic rings. The van der Waals surface area contributed by atoms with Crippen molar-refractivity contribution in [3.8, 4) is 0 Å². The summed E-state index contributed by atoms with van der Waals surface area (Å²) in [6, 6.07) is 6.07. The van der Waals surface area contributed by atoms with Gasteiger partial charge in [0.15, 0.2) is 0 Å². The molecule has 0 unspecified atom stereocenters. The Morgan fingerprint density at radius 1 is 1.50 bits per heavy atom. The van der Waals surface area contributed by atoms with E-state index in [0.29, 0.717) is 6.54 Å². The fraction of sp³-hybridized carbons (Fsp3) is 0.222. The zero-order valence-corrected chi connectivity index (χ0v) is 6.75. The van der Waals surface area contributed by atoms with Crippen LogP contribution in [0.5, 0.6) is 0 Å². The van der Waals surface area contributed by atoms with Crippen LogP contribution in [0.15, 0.2) is 24.4 Å². The quantitative estimate of drug-likeness (QED) is 0.692. The Balaban J connectivity index is 2.47. The fourth-order valence-corrected chi connectivity index (χ4v) is 1.30. The average Bonchev–Trinajstić information content (AvgIpc) is 2.47. The minimum absolute atomic E-state index is 0.673. The van der Waals surface area contributed by atoms with Gasteiger partial charge >= 0.3 is 0 Å². The second-order valence-corrected chi connectivity index (χ2v) is 2.77. The normalized spacial score (nSPS) is 10.8. The Morgan fingerprint density at radius 2 is 2.42 bits per heavy atom. The summed E-state index contributed by atoms with van der Waals surface area (Å²) in [4.78, 5) is 7.39. The lowest BCUT2D eigenvalue weighted by Gasteiger charge is -1.88. The van der Waals surface area contributed by atoms with Crippen molar-refractivity contribution >= 4 is 11.0 Å². The Morgan fingerprint density at radius 3 is 3.17 bits per heavy atom. The van der Waals surface area contributed by atoms with Crippen LogP contribution in [-0.2, 0) is 6.42 Å². The van der Waals surface area contributed by atoms with Crippen LogP contribution in [0.4, 0.5) is 0 Å². The summed E-state index contributed by atoms with van der Waals surface area (Å²) in [5.74, 6) is 0. The molecule has 62 valence electrons. The molecule has 0 saturated carbocycles. The van der Waals surface area contributed by atoms with Crippen molar-refractivity contribution in [2.24, 2.45) is 5.73 Å². The maximum atomic E-state index is 5.44. The lowest BCUT2D eigenvalue weighted by Crippen LogP contribution is -2.02. The number of nitrogens with two attached hydrogens (primary N) is 1. The molecule has 2 aromatic heterocycles. The first-order chi connectivity index (χ1) is 5.90. The summed E-state index contributed by atoms with van der Waals surface area (Å²) in [5.41, 5.74) is 7.55. The first kappa shape index (κ1) is 7.31. The molecular formula is C9H11N3. The fourth-order valence-electron chi connectivity index (χ4n) is 1.30. The predicted octanol–water partition coefficient (Wildman–Crippen LogP) is 1.06. The van der Waals surface area contributed by atoms with E-state index >= 15 is 0 Å². The smallest absolute Gasteiger partial charge is 0.137 e. The second-order valence-electron chi connectivity index (χ2n) is 2.77. The summed E-state index contributed by atoms with van der Waals surface area (Å²) in [5, 5.41) is 1.15. The molecular weight excluding hydrogens is 150 g/mol. The minimum atomic E-state index is 0.673. The summed E-state index contributed by atoms with van der Waals surface area (Å²) >= 11 is 0. The van der Waals surface area contributed by atoms with E-state index in [0.717, 1.165) is 23.1 Å². The van der Waals surface area contributed by atoms with Crippen molar-refractivity contribution in [2.45, 2.75) is 6.42 Å². The first-order valence-corrected chi connectivity index (χ1v) is 4.03. The van der Waals surface area contributed by atoms with E-state index in [2.05, 4.69) is 16.0 Å². The van der Waals surface area contributed by atoms with Crippen LogP contribution in [0.25, 0.3) is 11.0 Å². The van der Waals surface area contributed by atoms with E-state index in [1.807, 2.05) is 12.1 Å². The highest BCUT2D eigenvalue weighted by Gasteiger charge is 1.98. The molecule has 0 aromatic carbocycles. The van der Waals surface area contributed by atoms with Gasteiger partial charge in [0.2, 0.25) is 0 Å². The Bertz CT molecular complexity index is 345. The van der Waals surface area contributed by atoms with Crippen LogP contribution in [0.2, 0.25) is 0 Å². The Kier molecular flexibility index (Phi) is 1.80. The van der Waals surface area contributed by atoms with Crippen LogP contribution in [0.1, 0.15) is 5.69 Å². The SMILES string of the molecule is NCCc1cc2cccnc2[nH]1. The lowest BCUT2D eigenvalue weighted by molar-refractivity contribution is 0.938. The molecule has 0 fully saturated rings. The van der Waals surface area contributed by atoms with E-state index in [4.69, 9.17) is 5.73 Å². The molecule has 3 N–H and O–H groups in total. The molecule has 2 heterocycles. The summed E-state index contributed by atoms with van der Waals surface area (Å²) in [6.07, 6.45) is 2.67. The molecule has 2 rings (SSSR count). The van der Waals surface area contributed by atoms with Gasteiger partial charge in [0, 0.05) is 17.3 Å². The van der Waals surface area contributed by atoms with Crippen molar-refractivity contribution in [3.05, 3.63) is 30.1 Å². The molecule has 3 heteroatoms. The van der Waals surface area contributed by atoms with Crippen molar-refractivity contribution in [1.29, 1.82) is 0 Å².